The largest absolute Gasteiger partial charge is 0.378 e. The SMILES string of the molecule is CNc1snc(C)c1C(=O)NC[C@H](C)Cn1ccnc1. The van der Waals surface area contributed by atoms with Gasteiger partial charge in [-0.25, -0.2) is 4.98 Å². The first-order valence-electron chi connectivity index (χ1n) is 6.49. The number of carbonyl (C=O) groups excluding carboxylic acids is 1. The molecule has 108 valence electrons. The van der Waals surface area contributed by atoms with Crippen LogP contribution in [-0.4, -0.2) is 33.4 Å². The lowest BCUT2D eigenvalue weighted by atomic mass is 10.1. The van der Waals surface area contributed by atoms with Crippen molar-refractivity contribution in [3.63, 3.8) is 0 Å². The molecule has 0 aliphatic rings. The quantitative estimate of drug-likeness (QED) is 0.851. The van der Waals surface area contributed by atoms with E-state index in [1.165, 1.54) is 11.5 Å². The number of anilines is 1. The third-order valence-corrected chi connectivity index (χ3v) is 3.97. The number of hydrogen-bond donors (Lipinski definition) is 2. The number of imidazole rings is 1. The van der Waals surface area contributed by atoms with Gasteiger partial charge in [-0.1, -0.05) is 6.92 Å². The van der Waals surface area contributed by atoms with Gasteiger partial charge in [-0.2, -0.15) is 4.37 Å². The van der Waals surface area contributed by atoms with E-state index in [-0.39, 0.29) is 5.91 Å². The van der Waals surface area contributed by atoms with Gasteiger partial charge < -0.3 is 15.2 Å². The zero-order chi connectivity index (χ0) is 14.5. The lowest BCUT2D eigenvalue weighted by Gasteiger charge is -2.13. The first-order valence-corrected chi connectivity index (χ1v) is 7.27. The maximum absolute atomic E-state index is 12.2. The van der Waals surface area contributed by atoms with Gasteiger partial charge in [0.2, 0.25) is 0 Å². The first kappa shape index (κ1) is 14.5. The minimum absolute atomic E-state index is 0.0712. The highest BCUT2D eigenvalue weighted by molar-refractivity contribution is 7.10. The molecular formula is C13H19N5OS. The number of nitrogens with zero attached hydrogens (tertiary/aromatic N) is 3. The second-order valence-corrected chi connectivity index (χ2v) is 5.57. The van der Waals surface area contributed by atoms with E-state index in [1.807, 2.05) is 17.7 Å². The second kappa shape index (κ2) is 6.51. The molecule has 20 heavy (non-hydrogen) atoms. The minimum Gasteiger partial charge on any atom is -0.378 e. The third-order valence-electron chi connectivity index (χ3n) is 3.01. The van der Waals surface area contributed by atoms with E-state index in [9.17, 15) is 4.79 Å². The Balaban J connectivity index is 1.90. The van der Waals surface area contributed by atoms with Crippen molar-refractivity contribution in [1.82, 2.24) is 19.2 Å². The first-order chi connectivity index (χ1) is 9.61. The summed E-state index contributed by atoms with van der Waals surface area (Å²) in [7, 11) is 1.80. The Labute approximate surface area is 122 Å². The number of aromatic nitrogens is 3. The van der Waals surface area contributed by atoms with Crippen molar-refractivity contribution in [2.24, 2.45) is 5.92 Å². The summed E-state index contributed by atoms with van der Waals surface area (Å²) >= 11 is 1.31. The Morgan fingerprint density at radius 1 is 1.55 bits per heavy atom. The fourth-order valence-corrected chi connectivity index (χ4v) is 2.72. The second-order valence-electron chi connectivity index (χ2n) is 4.80. The van der Waals surface area contributed by atoms with Crippen LogP contribution in [0.4, 0.5) is 5.00 Å². The van der Waals surface area contributed by atoms with Crippen LogP contribution in [0, 0.1) is 12.8 Å². The van der Waals surface area contributed by atoms with Crippen molar-refractivity contribution in [2.75, 3.05) is 18.9 Å². The topological polar surface area (TPSA) is 71.8 Å². The standard InChI is InChI=1S/C13H19N5OS/c1-9(7-18-5-4-15-8-18)6-16-12(19)11-10(2)17-20-13(11)14-3/h4-5,8-9,14H,6-7H2,1-3H3,(H,16,19)/t9-/m0/s1. The average Bonchev–Trinajstić information content (AvgIpc) is 3.05. The van der Waals surface area contributed by atoms with E-state index in [1.54, 1.807) is 19.6 Å². The molecule has 0 aliphatic carbocycles. The summed E-state index contributed by atoms with van der Waals surface area (Å²) in [5.74, 6) is 0.260. The van der Waals surface area contributed by atoms with Gasteiger partial charge in [0.05, 0.1) is 17.6 Å². The Hall–Kier alpha value is -1.89. The summed E-state index contributed by atoms with van der Waals surface area (Å²) in [4.78, 5) is 16.2. The molecule has 2 aromatic heterocycles. The number of amides is 1. The van der Waals surface area contributed by atoms with Crippen molar-refractivity contribution in [3.05, 3.63) is 30.0 Å². The van der Waals surface area contributed by atoms with Crippen LogP contribution >= 0.6 is 11.5 Å². The normalized spacial score (nSPS) is 12.2. The molecular weight excluding hydrogens is 274 g/mol. The van der Waals surface area contributed by atoms with Gasteiger partial charge in [0, 0.05) is 32.5 Å². The van der Waals surface area contributed by atoms with Crippen molar-refractivity contribution in [1.29, 1.82) is 0 Å². The van der Waals surface area contributed by atoms with Crippen LogP contribution in [-0.2, 0) is 6.54 Å². The predicted octanol–water partition coefficient (Wildman–Crippen LogP) is 1.76. The van der Waals surface area contributed by atoms with Crippen LogP contribution in [0.1, 0.15) is 23.0 Å². The Kier molecular flexibility index (Phi) is 4.73. The fraction of sp³-hybridized carbons (Fsp3) is 0.462. The Morgan fingerprint density at radius 2 is 2.35 bits per heavy atom. The minimum atomic E-state index is -0.0712. The van der Waals surface area contributed by atoms with Crippen molar-refractivity contribution in [3.8, 4) is 0 Å². The highest BCUT2D eigenvalue weighted by Gasteiger charge is 2.17. The predicted molar refractivity (Wildman–Crippen MR) is 80.1 cm³/mol. The number of hydrogen-bond acceptors (Lipinski definition) is 5. The van der Waals surface area contributed by atoms with Crippen LogP contribution in [0.3, 0.4) is 0 Å². The molecule has 1 atom stereocenters. The summed E-state index contributed by atoms with van der Waals surface area (Å²) in [6.07, 6.45) is 5.46. The number of nitrogens with one attached hydrogen (secondary N) is 2. The van der Waals surface area contributed by atoms with Gasteiger partial charge >= 0.3 is 0 Å². The maximum atomic E-state index is 12.2. The van der Waals surface area contributed by atoms with E-state index < -0.39 is 0 Å². The smallest absolute Gasteiger partial charge is 0.256 e. The summed E-state index contributed by atoms with van der Waals surface area (Å²) in [6, 6.07) is 0. The van der Waals surface area contributed by atoms with Gasteiger partial charge in [0.1, 0.15) is 5.00 Å². The number of rotatable bonds is 6. The molecule has 2 N–H and O–H groups in total. The van der Waals surface area contributed by atoms with E-state index in [0.29, 0.717) is 18.0 Å². The van der Waals surface area contributed by atoms with E-state index in [2.05, 4.69) is 26.9 Å². The molecule has 7 heteroatoms. The van der Waals surface area contributed by atoms with Crippen LogP contribution < -0.4 is 10.6 Å². The Bertz CT molecular complexity index is 563. The zero-order valence-corrected chi connectivity index (χ0v) is 12.7. The molecule has 2 heterocycles. The van der Waals surface area contributed by atoms with Crippen molar-refractivity contribution >= 4 is 22.4 Å². The molecule has 0 saturated carbocycles. The monoisotopic (exact) mass is 293 g/mol. The fourth-order valence-electron chi connectivity index (χ4n) is 1.98. The van der Waals surface area contributed by atoms with Gasteiger partial charge in [0.25, 0.3) is 5.91 Å². The molecule has 0 aliphatic heterocycles. The summed E-state index contributed by atoms with van der Waals surface area (Å²) < 4.78 is 6.21. The molecule has 1 amide bonds. The van der Waals surface area contributed by atoms with Gasteiger partial charge in [-0.3, -0.25) is 4.79 Å². The summed E-state index contributed by atoms with van der Waals surface area (Å²) in [5.41, 5.74) is 1.41. The van der Waals surface area contributed by atoms with Crippen LogP contribution in [0.5, 0.6) is 0 Å². The average molecular weight is 293 g/mol. The van der Waals surface area contributed by atoms with Crippen molar-refractivity contribution < 1.29 is 4.79 Å². The highest BCUT2D eigenvalue weighted by atomic mass is 32.1. The molecule has 6 nitrogen and oxygen atoms in total. The molecule has 0 spiro atoms. The molecule has 2 aromatic rings. The van der Waals surface area contributed by atoms with Gasteiger partial charge in [-0.05, 0) is 24.4 Å². The number of aryl methyl sites for hydroxylation is 1. The zero-order valence-electron chi connectivity index (χ0n) is 11.9. The molecule has 0 saturated heterocycles. The molecule has 0 aromatic carbocycles. The van der Waals surface area contributed by atoms with Gasteiger partial charge in [-0.15, -0.1) is 0 Å². The molecule has 0 bridgehead atoms. The lowest BCUT2D eigenvalue weighted by Crippen LogP contribution is -2.30. The summed E-state index contributed by atoms with van der Waals surface area (Å²) in [6.45, 7) is 5.40. The van der Waals surface area contributed by atoms with E-state index in [4.69, 9.17) is 0 Å². The molecule has 0 fully saturated rings. The molecule has 0 unspecified atom stereocenters. The van der Waals surface area contributed by atoms with Crippen molar-refractivity contribution in [2.45, 2.75) is 20.4 Å². The summed E-state index contributed by atoms with van der Waals surface area (Å²) in [5, 5.41) is 6.78. The van der Waals surface area contributed by atoms with E-state index in [0.717, 1.165) is 17.2 Å². The lowest BCUT2D eigenvalue weighted by molar-refractivity contribution is 0.0947. The Morgan fingerprint density at radius 3 is 3.00 bits per heavy atom. The highest BCUT2D eigenvalue weighted by Crippen LogP contribution is 2.23. The van der Waals surface area contributed by atoms with Crippen LogP contribution in [0.2, 0.25) is 0 Å². The molecule has 0 radical (unpaired) electrons. The molecule has 2 rings (SSSR count). The van der Waals surface area contributed by atoms with E-state index >= 15 is 0 Å². The van der Waals surface area contributed by atoms with Gasteiger partial charge in [0.15, 0.2) is 0 Å². The van der Waals surface area contributed by atoms with Crippen LogP contribution in [0.25, 0.3) is 0 Å². The number of carbonyl (C=O) groups is 1. The maximum Gasteiger partial charge on any atom is 0.256 e. The van der Waals surface area contributed by atoms with Crippen LogP contribution in [0.15, 0.2) is 18.7 Å². The third kappa shape index (κ3) is 3.36.